The van der Waals surface area contributed by atoms with Gasteiger partial charge >= 0.3 is 5.97 Å². The third kappa shape index (κ3) is 2.47. The standard InChI is InChI=1S/C13H9Cl2NO2/c1-7-6-16-12(5-9(7)13(17)18)10-4-8(14)2-3-11(10)15/h2-6H,1H3,(H,17,18). The van der Waals surface area contributed by atoms with E-state index in [0.717, 1.165) is 0 Å². The molecule has 1 aromatic heterocycles. The molecule has 0 atom stereocenters. The van der Waals surface area contributed by atoms with E-state index in [2.05, 4.69) is 4.98 Å². The Balaban J connectivity index is 2.61. The smallest absolute Gasteiger partial charge is 0.336 e. The lowest BCUT2D eigenvalue weighted by Crippen LogP contribution is -2.01. The van der Waals surface area contributed by atoms with Gasteiger partial charge in [0.1, 0.15) is 0 Å². The summed E-state index contributed by atoms with van der Waals surface area (Å²) in [6.07, 6.45) is 1.51. The van der Waals surface area contributed by atoms with Gasteiger partial charge in [-0.2, -0.15) is 0 Å². The first-order valence-electron chi connectivity index (χ1n) is 5.14. The second kappa shape index (κ2) is 4.96. The molecule has 5 heteroatoms. The maximum Gasteiger partial charge on any atom is 0.336 e. The lowest BCUT2D eigenvalue weighted by atomic mass is 10.1. The Bertz CT molecular complexity index is 626. The van der Waals surface area contributed by atoms with Crippen molar-refractivity contribution in [1.29, 1.82) is 0 Å². The largest absolute Gasteiger partial charge is 0.478 e. The molecule has 18 heavy (non-hydrogen) atoms. The van der Waals surface area contributed by atoms with Gasteiger partial charge in [0.2, 0.25) is 0 Å². The summed E-state index contributed by atoms with van der Waals surface area (Å²) in [5.74, 6) is -0.991. The molecule has 0 saturated heterocycles. The minimum Gasteiger partial charge on any atom is -0.478 e. The van der Waals surface area contributed by atoms with Crippen LogP contribution in [0.15, 0.2) is 30.5 Å². The predicted octanol–water partition coefficient (Wildman–Crippen LogP) is 4.06. The zero-order chi connectivity index (χ0) is 13.3. The monoisotopic (exact) mass is 281 g/mol. The van der Waals surface area contributed by atoms with Crippen LogP contribution in [0.1, 0.15) is 15.9 Å². The number of nitrogens with zero attached hydrogens (tertiary/aromatic N) is 1. The van der Waals surface area contributed by atoms with Crippen molar-refractivity contribution in [3.8, 4) is 11.3 Å². The van der Waals surface area contributed by atoms with Crippen LogP contribution in [0.5, 0.6) is 0 Å². The van der Waals surface area contributed by atoms with Gasteiger partial charge in [0.25, 0.3) is 0 Å². The lowest BCUT2D eigenvalue weighted by molar-refractivity contribution is 0.0696. The number of aromatic carboxylic acids is 1. The zero-order valence-electron chi connectivity index (χ0n) is 9.45. The molecule has 0 aliphatic rings. The molecule has 0 unspecified atom stereocenters. The van der Waals surface area contributed by atoms with Gasteiger partial charge in [0.05, 0.1) is 16.3 Å². The molecule has 0 spiro atoms. The predicted molar refractivity (Wildman–Crippen MR) is 71.4 cm³/mol. The quantitative estimate of drug-likeness (QED) is 0.903. The molecule has 0 saturated carbocycles. The molecule has 0 bridgehead atoms. The highest BCUT2D eigenvalue weighted by atomic mass is 35.5. The number of carbonyl (C=O) groups is 1. The molecule has 0 amide bonds. The molecular formula is C13H9Cl2NO2. The molecule has 1 heterocycles. The van der Waals surface area contributed by atoms with E-state index in [1.807, 2.05) is 0 Å². The van der Waals surface area contributed by atoms with Gasteiger partial charge in [-0.05, 0) is 36.8 Å². The molecule has 2 rings (SSSR count). The summed E-state index contributed by atoms with van der Waals surface area (Å²) >= 11 is 12.0. The van der Waals surface area contributed by atoms with E-state index >= 15 is 0 Å². The van der Waals surface area contributed by atoms with Gasteiger partial charge in [-0.3, -0.25) is 4.98 Å². The van der Waals surface area contributed by atoms with Gasteiger partial charge < -0.3 is 5.11 Å². The summed E-state index contributed by atoms with van der Waals surface area (Å²) in [6.45, 7) is 1.69. The third-order valence-electron chi connectivity index (χ3n) is 2.54. The maximum absolute atomic E-state index is 11.1. The zero-order valence-corrected chi connectivity index (χ0v) is 11.0. The van der Waals surface area contributed by atoms with E-state index < -0.39 is 5.97 Å². The van der Waals surface area contributed by atoms with Crippen LogP contribution in [0.3, 0.4) is 0 Å². The fourth-order valence-corrected chi connectivity index (χ4v) is 1.98. The number of carboxylic acids is 1. The maximum atomic E-state index is 11.1. The van der Waals surface area contributed by atoms with Crippen molar-refractivity contribution in [1.82, 2.24) is 4.98 Å². The molecule has 0 radical (unpaired) electrons. The van der Waals surface area contributed by atoms with E-state index in [-0.39, 0.29) is 5.56 Å². The van der Waals surface area contributed by atoms with Crippen LogP contribution in [0, 0.1) is 6.92 Å². The molecular weight excluding hydrogens is 273 g/mol. The van der Waals surface area contributed by atoms with Crippen molar-refractivity contribution in [2.45, 2.75) is 6.92 Å². The fourth-order valence-electron chi connectivity index (χ4n) is 1.60. The molecule has 1 N–H and O–H groups in total. The summed E-state index contributed by atoms with van der Waals surface area (Å²) in [4.78, 5) is 15.3. The van der Waals surface area contributed by atoms with Crippen molar-refractivity contribution in [3.63, 3.8) is 0 Å². The van der Waals surface area contributed by atoms with Crippen molar-refractivity contribution in [3.05, 3.63) is 51.6 Å². The number of halogens is 2. The Morgan fingerprint density at radius 3 is 2.67 bits per heavy atom. The normalized spacial score (nSPS) is 10.4. The van der Waals surface area contributed by atoms with E-state index in [1.165, 1.54) is 12.3 Å². The van der Waals surface area contributed by atoms with Crippen molar-refractivity contribution < 1.29 is 9.90 Å². The van der Waals surface area contributed by atoms with Crippen LogP contribution in [0.2, 0.25) is 10.0 Å². The number of carboxylic acid groups (broad SMARTS) is 1. The first kappa shape index (κ1) is 12.9. The molecule has 92 valence electrons. The van der Waals surface area contributed by atoms with Crippen LogP contribution < -0.4 is 0 Å². The van der Waals surface area contributed by atoms with E-state index in [9.17, 15) is 4.79 Å². The van der Waals surface area contributed by atoms with Gasteiger partial charge in [0, 0.05) is 16.8 Å². The van der Waals surface area contributed by atoms with Gasteiger partial charge in [-0.15, -0.1) is 0 Å². The second-order valence-electron chi connectivity index (χ2n) is 3.81. The highest BCUT2D eigenvalue weighted by Gasteiger charge is 2.12. The molecule has 0 aliphatic carbocycles. The summed E-state index contributed by atoms with van der Waals surface area (Å²) in [7, 11) is 0. The third-order valence-corrected chi connectivity index (χ3v) is 3.10. The lowest BCUT2D eigenvalue weighted by Gasteiger charge is -2.07. The minimum atomic E-state index is -0.991. The van der Waals surface area contributed by atoms with Gasteiger partial charge in [0.15, 0.2) is 0 Å². The average Bonchev–Trinajstić information content (AvgIpc) is 2.33. The average molecular weight is 282 g/mol. The molecule has 0 aliphatic heterocycles. The highest BCUT2D eigenvalue weighted by molar-refractivity contribution is 6.35. The van der Waals surface area contributed by atoms with Crippen LogP contribution in [0.25, 0.3) is 11.3 Å². The number of aromatic nitrogens is 1. The number of hydrogen-bond donors (Lipinski definition) is 1. The molecule has 1 aromatic carbocycles. The number of benzene rings is 1. The van der Waals surface area contributed by atoms with E-state index in [1.54, 1.807) is 25.1 Å². The number of pyridine rings is 1. The van der Waals surface area contributed by atoms with Crippen molar-refractivity contribution in [2.24, 2.45) is 0 Å². The van der Waals surface area contributed by atoms with Gasteiger partial charge in [-0.1, -0.05) is 23.2 Å². The van der Waals surface area contributed by atoms with E-state index in [0.29, 0.717) is 26.9 Å². The SMILES string of the molecule is Cc1cnc(-c2cc(Cl)ccc2Cl)cc1C(=O)O. The van der Waals surface area contributed by atoms with Crippen LogP contribution in [-0.4, -0.2) is 16.1 Å². The first-order chi connectivity index (χ1) is 8.49. The van der Waals surface area contributed by atoms with Crippen LogP contribution in [-0.2, 0) is 0 Å². The topological polar surface area (TPSA) is 50.2 Å². The summed E-state index contributed by atoms with van der Waals surface area (Å²) < 4.78 is 0. The Hall–Kier alpha value is -1.58. The summed E-state index contributed by atoms with van der Waals surface area (Å²) in [5.41, 5.74) is 1.91. The Morgan fingerprint density at radius 2 is 2.00 bits per heavy atom. The van der Waals surface area contributed by atoms with Crippen molar-refractivity contribution >= 4 is 29.2 Å². The van der Waals surface area contributed by atoms with Crippen LogP contribution >= 0.6 is 23.2 Å². The molecule has 0 fully saturated rings. The summed E-state index contributed by atoms with van der Waals surface area (Å²) in [5, 5.41) is 10.1. The highest BCUT2D eigenvalue weighted by Crippen LogP contribution is 2.30. The Kier molecular flexibility index (Phi) is 3.55. The number of aryl methyl sites for hydroxylation is 1. The fraction of sp³-hybridized carbons (Fsp3) is 0.0769. The first-order valence-corrected chi connectivity index (χ1v) is 5.90. The van der Waals surface area contributed by atoms with Crippen LogP contribution in [0.4, 0.5) is 0 Å². The Morgan fingerprint density at radius 1 is 1.28 bits per heavy atom. The van der Waals surface area contributed by atoms with Crippen molar-refractivity contribution in [2.75, 3.05) is 0 Å². The molecule has 3 nitrogen and oxygen atoms in total. The summed E-state index contributed by atoms with van der Waals surface area (Å²) in [6, 6.07) is 6.48. The van der Waals surface area contributed by atoms with Gasteiger partial charge in [-0.25, -0.2) is 4.79 Å². The number of rotatable bonds is 2. The Labute approximate surface area is 114 Å². The molecule has 2 aromatic rings. The number of hydrogen-bond acceptors (Lipinski definition) is 2. The second-order valence-corrected chi connectivity index (χ2v) is 4.66. The van der Waals surface area contributed by atoms with E-state index in [4.69, 9.17) is 28.3 Å². The minimum absolute atomic E-state index is 0.205.